The van der Waals surface area contributed by atoms with Gasteiger partial charge in [0.05, 0.1) is 6.10 Å². The van der Waals surface area contributed by atoms with Crippen LogP contribution in [0.15, 0.2) is 65.8 Å². The van der Waals surface area contributed by atoms with Crippen molar-refractivity contribution >= 4 is 11.7 Å². The van der Waals surface area contributed by atoms with Crippen LogP contribution in [0.1, 0.15) is 63.4 Å². The largest absolute Gasteiger partial charge is 0.393 e. The first kappa shape index (κ1) is 22.2. The van der Waals surface area contributed by atoms with Crippen molar-refractivity contribution in [1.82, 2.24) is 5.32 Å². The number of Topliss-reactive ketones (excluding diaryl/α,β-unsaturated/α-hetero) is 1. The maximum absolute atomic E-state index is 12.2. The third-order valence-corrected chi connectivity index (χ3v) is 5.60. The fraction of sp³-hybridized carbons (Fsp3) is 0.462. The lowest BCUT2D eigenvalue weighted by atomic mass is 10.00. The Labute approximate surface area is 179 Å². The molecular weight excluding hydrogens is 374 g/mol. The van der Waals surface area contributed by atoms with E-state index in [1.807, 2.05) is 30.4 Å². The summed E-state index contributed by atoms with van der Waals surface area (Å²) in [7, 11) is 0. The predicted molar refractivity (Wildman–Crippen MR) is 120 cm³/mol. The lowest BCUT2D eigenvalue weighted by Gasteiger charge is -2.09. The molecule has 0 spiro atoms. The van der Waals surface area contributed by atoms with Gasteiger partial charge in [0.15, 0.2) is 5.78 Å². The molecule has 160 valence electrons. The van der Waals surface area contributed by atoms with E-state index in [1.54, 1.807) is 0 Å². The van der Waals surface area contributed by atoms with Gasteiger partial charge in [0.2, 0.25) is 5.91 Å². The fourth-order valence-corrected chi connectivity index (χ4v) is 3.64. The molecule has 3 rings (SSSR count). The van der Waals surface area contributed by atoms with Gasteiger partial charge in [-0.25, -0.2) is 0 Å². The Morgan fingerprint density at radius 3 is 2.77 bits per heavy atom. The molecular formula is C26H33NO3. The Morgan fingerprint density at radius 1 is 1.20 bits per heavy atom. The highest BCUT2D eigenvalue weighted by Gasteiger charge is 2.22. The van der Waals surface area contributed by atoms with Crippen molar-refractivity contribution in [2.24, 2.45) is 0 Å². The first-order valence-corrected chi connectivity index (χ1v) is 11.2. The van der Waals surface area contributed by atoms with Crippen LogP contribution in [-0.4, -0.2) is 28.9 Å². The lowest BCUT2D eigenvalue weighted by Crippen LogP contribution is -2.24. The van der Waals surface area contributed by atoms with Gasteiger partial charge in [-0.05, 0) is 62.5 Å². The van der Waals surface area contributed by atoms with Gasteiger partial charge in [-0.3, -0.25) is 9.59 Å². The highest BCUT2D eigenvalue weighted by Crippen LogP contribution is 2.26. The molecule has 4 heteroatoms. The summed E-state index contributed by atoms with van der Waals surface area (Å²) < 4.78 is 0. The number of hydrogen-bond donors (Lipinski definition) is 2. The van der Waals surface area contributed by atoms with Crippen LogP contribution in [0.3, 0.4) is 0 Å². The molecule has 4 nitrogen and oxygen atoms in total. The number of unbranched alkanes of at least 4 members (excludes halogenated alkanes) is 1. The van der Waals surface area contributed by atoms with E-state index in [4.69, 9.17) is 0 Å². The molecule has 0 saturated heterocycles. The highest BCUT2D eigenvalue weighted by molar-refractivity contribution is 6.03. The molecule has 1 atom stereocenters. The maximum atomic E-state index is 12.2. The molecule has 0 aromatic heterocycles. The summed E-state index contributed by atoms with van der Waals surface area (Å²) in [6.07, 6.45) is 15.4. The number of rotatable bonds is 12. The summed E-state index contributed by atoms with van der Waals surface area (Å²) in [5.74, 6) is 0.302. The number of aryl methyl sites for hydroxylation is 1. The van der Waals surface area contributed by atoms with Gasteiger partial charge in [0.25, 0.3) is 0 Å². The molecule has 1 aromatic rings. The van der Waals surface area contributed by atoms with Crippen molar-refractivity contribution in [1.29, 1.82) is 0 Å². The molecule has 2 aliphatic carbocycles. The number of nitrogens with one attached hydrogen (secondary N) is 1. The molecule has 0 bridgehead atoms. The Morgan fingerprint density at radius 2 is 2.00 bits per heavy atom. The van der Waals surface area contributed by atoms with Gasteiger partial charge in [0, 0.05) is 24.5 Å². The smallest absolute Gasteiger partial charge is 0.220 e. The minimum Gasteiger partial charge on any atom is -0.393 e. The zero-order valence-electron chi connectivity index (χ0n) is 17.7. The van der Waals surface area contributed by atoms with Crippen LogP contribution in [0.4, 0.5) is 0 Å². The first-order chi connectivity index (χ1) is 14.6. The number of aliphatic hydroxyl groups is 1. The molecule has 0 heterocycles. The first-order valence-electron chi connectivity index (χ1n) is 11.2. The summed E-state index contributed by atoms with van der Waals surface area (Å²) in [6.45, 7) is 0. The molecule has 0 radical (unpaired) electrons. The van der Waals surface area contributed by atoms with Crippen LogP contribution in [0, 0.1) is 0 Å². The second-order valence-corrected chi connectivity index (χ2v) is 8.30. The summed E-state index contributed by atoms with van der Waals surface area (Å²) in [4.78, 5) is 23.9. The van der Waals surface area contributed by atoms with Crippen molar-refractivity contribution in [2.75, 3.05) is 0 Å². The third kappa shape index (κ3) is 7.75. The lowest BCUT2D eigenvalue weighted by molar-refractivity contribution is -0.121. The quantitative estimate of drug-likeness (QED) is 0.302. The van der Waals surface area contributed by atoms with Crippen LogP contribution in [0.2, 0.25) is 0 Å². The van der Waals surface area contributed by atoms with Crippen molar-refractivity contribution in [3.63, 3.8) is 0 Å². The van der Waals surface area contributed by atoms with Gasteiger partial charge < -0.3 is 10.4 Å². The average molecular weight is 408 g/mol. The van der Waals surface area contributed by atoms with Gasteiger partial charge in [-0.15, -0.1) is 0 Å². The van der Waals surface area contributed by atoms with E-state index in [-0.39, 0.29) is 11.7 Å². The number of carbonyl (C=O) groups excluding carboxylic acids is 2. The Hall–Kier alpha value is -2.46. The highest BCUT2D eigenvalue weighted by atomic mass is 16.3. The Bertz CT molecular complexity index is 803. The van der Waals surface area contributed by atoms with E-state index in [1.165, 1.54) is 5.56 Å². The van der Waals surface area contributed by atoms with E-state index in [9.17, 15) is 14.7 Å². The van der Waals surface area contributed by atoms with Crippen molar-refractivity contribution in [3.8, 4) is 0 Å². The zero-order chi connectivity index (χ0) is 21.2. The molecule has 2 aliphatic rings. The number of aliphatic hydroxyl groups excluding tert-OH is 1. The second-order valence-electron chi connectivity index (χ2n) is 8.30. The van der Waals surface area contributed by atoms with Crippen molar-refractivity contribution in [3.05, 3.63) is 71.3 Å². The normalized spacial score (nSPS) is 18.8. The van der Waals surface area contributed by atoms with Crippen LogP contribution in [0.25, 0.3) is 0 Å². The number of amides is 1. The van der Waals surface area contributed by atoms with E-state index in [0.717, 1.165) is 49.7 Å². The van der Waals surface area contributed by atoms with Crippen molar-refractivity contribution < 1.29 is 14.7 Å². The van der Waals surface area contributed by atoms with E-state index < -0.39 is 6.10 Å². The van der Waals surface area contributed by atoms with E-state index in [2.05, 4.69) is 29.6 Å². The predicted octanol–water partition coefficient (Wildman–Crippen LogP) is 4.59. The summed E-state index contributed by atoms with van der Waals surface area (Å²) in [5.41, 5.74) is 3.04. The van der Waals surface area contributed by atoms with Crippen molar-refractivity contribution in [2.45, 2.75) is 76.4 Å². The number of carbonyl (C=O) groups is 2. The van der Waals surface area contributed by atoms with E-state index >= 15 is 0 Å². The number of benzene rings is 1. The third-order valence-electron chi connectivity index (χ3n) is 5.60. The van der Waals surface area contributed by atoms with Crippen LogP contribution < -0.4 is 5.32 Å². The van der Waals surface area contributed by atoms with Gasteiger partial charge in [-0.1, -0.05) is 54.6 Å². The molecule has 0 unspecified atom stereocenters. The number of ketones is 1. The zero-order valence-corrected chi connectivity index (χ0v) is 17.7. The molecule has 2 N–H and O–H groups in total. The fourth-order valence-electron chi connectivity index (χ4n) is 3.64. The number of allylic oxidation sites excluding steroid dienone is 5. The summed E-state index contributed by atoms with van der Waals surface area (Å²) >= 11 is 0. The maximum Gasteiger partial charge on any atom is 0.220 e. The average Bonchev–Trinajstić information content (AvgIpc) is 3.49. The minimum atomic E-state index is -0.440. The Kier molecular flexibility index (Phi) is 8.64. The molecule has 1 fully saturated rings. The summed E-state index contributed by atoms with van der Waals surface area (Å²) in [6, 6.07) is 10.6. The number of hydrogen-bond acceptors (Lipinski definition) is 3. The SMILES string of the molecule is O=C(CCC/C=C\CC1=CCC(=O)C1=CC[C@@H](O)CCc1ccccc1)NC1CC1. The van der Waals surface area contributed by atoms with Crippen LogP contribution in [0.5, 0.6) is 0 Å². The van der Waals surface area contributed by atoms with Crippen LogP contribution in [-0.2, 0) is 16.0 Å². The molecule has 30 heavy (non-hydrogen) atoms. The van der Waals surface area contributed by atoms with E-state index in [0.29, 0.717) is 31.7 Å². The van der Waals surface area contributed by atoms with Gasteiger partial charge >= 0.3 is 0 Å². The van der Waals surface area contributed by atoms with Crippen LogP contribution >= 0.6 is 0 Å². The Balaban J connectivity index is 1.36. The monoisotopic (exact) mass is 407 g/mol. The standard InChI is InChI=1S/C26H33NO3/c28-23(16-12-20-8-4-3-5-9-20)17-18-24-21(13-19-25(24)29)10-6-1-2-7-11-26(30)27-22-14-15-22/h1,3-6,8-9,13,18,22-23,28H,2,7,10-12,14-17,19H2,(H,27,30)/b6-1-,24-18?/t23-/m0/s1. The molecule has 1 amide bonds. The molecule has 0 aliphatic heterocycles. The minimum absolute atomic E-state index is 0.144. The topological polar surface area (TPSA) is 66.4 Å². The van der Waals surface area contributed by atoms with Gasteiger partial charge in [-0.2, -0.15) is 0 Å². The molecule has 1 aromatic carbocycles. The summed E-state index contributed by atoms with van der Waals surface area (Å²) in [5, 5.41) is 13.3. The molecule has 1 saturated carbocycles. The van der Waals surface area contributed by atoms with Gasteiger partial charge in [0.1, 0.15) is 0 Å². The second kappa shape index (κ2) is 11.7.